The summed E-state index contributed by atoms with van der Waals surface area (Å²) in [5.74, 6) is 0. The first-order valence-electron chi connectivity index (χ1n) is 6.57. The number of aryl methyl sites for hydroxylation is 1. The lowest BCUT2D eigenvalue weighted by molar-refractivity contribution is 0.0696. The Labute approximate surface area is 110 Å². The third kappa shape index (κ3) is 3.24. The van der Waals surface area contributed by atoms with Gasteiger partial charge in [0, 0.05) is 30.9 Å². The fraction of sp³-hybridized carbons (Fsp3) is 0.600. The van der Waals surface area contributed by atoms with Gasteiger partial charge in [-0.2, -0.15) is 0 Å². The second kappa shape index (κ2) is 4.56. The minimum absolute atomic E-state index is 0.00420. The van der Waals surface area contributed by atoms with Crippen molar-refractivity contribution in [3.8, 4) is 0 Å². The predicted molar refractivity (Wildman–Crippen MR) is 76.1 cm³/mol. The number of nitrogens with zero attached hydrogens (tertiary/aromatic N) is 1. The highest BCUT2D eigenvalue weighted by atomic mass is 16.3. The summed E-state index contributed by atoms with van der Waals surface area (Å²) in [6, 6.07) is 8.47. The van der Waals surface area contributed by atoms with Crippen LogP contribution in [-0.4, -0.2) is 35.9 Å². The van der Waals surface area contributed by atoms with E-state index < -0.39 is 5.60 Å². The highest BCUT2D eigenvalue weighted by molar-refractivity contribution is 5.49. The molecular formula is C15H24N2O. The number of β-amino-alcohol motifs (C(OH)–C–C–N with tert-alkyl or cyclic N) is 1. The number of rotatable bonds is 1. The maximum absolute atomic E-state index is 10.4. The van der Waals surface area contributed by atoms with Crippen LogP contribution in [0.4, 0.5) is 5.69 Å². The third-order valence-corrected chi connectivity index (χ3v) is 3.43. The van der Waals surface area contributed by atoms with Gasteiger partial charge in [0.25, 0.3) is 0 Å². The summed E-state index contributed by atoms with van der Waals surface area (Å²) in [4.78, 5) is 2.27. The van der Waals surface area contributed by atoms with Crippen LogP contribution in [0.25, 0.3) is 0 Å². The predicted octanol–water partition coefficient (Wildman–Crippen LogP) is 1.93. The van der Waals surface area contributed by atoms with E-state index >= 15 is 0 Å². The summed E-state index contributed by atoms with van der Waals surface area (Å²) in [6.07, 6.45) is 0. The molecule has 100 valence electrons. The molecule has 3 heteroatoms. The summed E-state index contributed by atoms with van der Waals surface area (Å²) in [6.45, 7) is 10.5. The molecule has 0 aliphatic carbocycles. The lowest BCUT2D eigenvalue weighted by Gasteiger charge is -2.32. The van der Waals surface area contributed by atoms with Gasteiger partial charge in [0.1, 0.15) is 0 Å². The van der Waals surface area contributed by atoms with Crippen molar-refractivity contribution in [1.82, 2.24) is 5.32 Å². The number of aliphatic hydroxyl groups is 1. The molecule has 1 aliphatic heterocycles. The molecule has 1 heterocycles. The van der Waals surface area contributed by atoms with Crippen molar-refractivity contribution in [2.75, 3.05) is 24.5 Å². The van der Waals surface area contributed by atoms with Gasteiger partial charge in [-0.1, -0.05) is 12.1 Å². The van der Waals surface area contributed by atoms with Crippen molar-refractivity contribution in [2.24, 2.45) is 0 Å². The Morgan fingerprint density at radius 1 is 1.22 bits per heavy atom. The lowest BCUT2D eigenvalue weighted by atomic mass is 10.1. The van der Waals surface area contributed by atoms with E-state index in [1.807, 2.05) is 6.92 Å². The highest BCUT2D eigenvalue weighted by Gasteiger charge is 2.34. The van der Waals surface area contributed by atoms with Gasteiger partial charge >= 0.3 is 0 Å². The van der Waals surface area contributed by atoms with E-state index in [1.54, 1.807) is 0 Å². The van der Waals surface area contributed by atoms with Gasteiger partial charge in [0.05, 0.1) is 5.60 Å². The summed E-state index contributed by atoms with van der Waals surface area (Å²) >= 11 is 0. The van der Waals surface area contributed by atoms with Crippen LogP contribution in [0.1, 0.15) is 26.3 Å². The van der Waals surface area contributed by atoms with Crippen LogP contribution < -0.4 is 10.2 Å². The first-order chi connectivity index (χ1) is 8.27. The minimum atomic E-state index is -0.697. The molecule has 2 rings (SSSR count). The Hall–Kier alpha value is -1.06. The molecule has 2 N–H and O–H groups in total. The van der Waals surface area contributed by atoms with Gasteiger partial charge in [-0.15, -0.1) is 0 Å². The molecule has 0 radical (unpaired) electrons. The number of hydrogen-bond acceptors (Lipinski definition) is 3. The maximum atomic E-state index is 10.4. The molecule has 1 fully saturated rings. The molecule has 3 nitrogen and oxygen atoms in total. The molecule has 1 aliphatic rings. The average molecular weight is 248 g/mol. The SMILES string of the molecule is Cc1cccc(N2CC(C)(O)CNC(C)(C)C2)c1. The van der Waals surface area contributed by atoms with E-state index in [-0.39, 0.29) is 5.54 Å². The second-order valence-corrected chi connectivity index (χ2v) is 6.43. The second-order valence-electron chi connectivity index (χ2n) is 6.43. The first-order valence-corrected chi connectivity index (χ1v) is 6.57. The van der Waals surface area contributed by atoms with Gasteiger partial charge in [-0.3, -0.25) is 0 Å². The maximum Gasteiger partial charge on any atom is 0.0917 e. The Bertz CT molecular complexity index is 408. The first kappa shape index (κ1) is 13.4. The van der Waals surface area contributed by atoms with Crippen molar-refractivity contribution in [1.29, 1.82) is 0 Å². The molecule has 0 spiro atoms. The van der Waals surface area contributed by atoms with Crippen LogP contribution in [0.2, 0.25) is 0 Å². The van der Waals surface area contributed by atoms with Gasteiger partial charge in [-0.05, 0) is 45.4 Å². The van der Waals surface area contributed by atoms with Gasteiger partial charge in [-0.25, -0.2) is 0 Å². The Morgan fingerprint density at radius 3 is 2.61 bits per heavy atom. The van der Waals surface area contributed by atoms with Crippen molar-refractivity contribution in [3.63, 3.8) is 0 Å². The van der Waals surface area contributed by atoms with Gasteiger partial charge in [0.2, 0.25) is 0 Å². The number of anilines is 1. The van der Waals surface area contributed by atoms with E-state index in [0.717, 1.165) is 6.54 Å². The third-order valence-electron chi connectivity index (χ3n) is 3.43. The van der Waals surface area contributed by atoms with E-state index in [2.05, 4.69) is 55.3 Å². The van der Waals surface area contributed by atoms with Crippen molar-refractivity contribution in [2.45, 2.75) is 38.8 Å². The van der Waals surface area contributed by atoms with Gasteiger partial charge < -0.3 is 15.3 Å². The number of hydrogen-bond donors (Lipinski definition) is 2. The normalized spacial score (nSPS) is 27.9. The topological polar surface area (TPSA) is 35.5 Å². The fourth-order valence-electron chi connectivity index (χ4n) is 2.49. The van der Waals surface area contributed by atoms with Crippen LogP contribution in [0.5, 0.6) is 0 Å². The molecule has 1 aromatic rings. The lowest BCUT2D eigenvalue weighted by Crippen LogP contribution is -2.47. The summed E-state index contributed by atoms with van der Waals surface area (Å²) in [5, 5.41) is 13.8. The zero-order chi connectivity index (χ0) is 13.4. The van der Waals surface area contributed by atoms with Crippen molar-refractivity contribution in [3.05, 3.63) is 29.8 Å². The summed E-state index contributed by atoms with van der Waals surface area (Å²) in [5.41, 5.74) is 1.75. The van der Waals surface area contributed by atoms with E-state index in [1.165, 1.54) is 11.3 Å². The number of benzene rings is 1. The van der Waals surface area contributed by atoms with Crippen molar-refractivity contribution >= 4 is 5.69 Å². The van der Waals surface area contributed by atoms with Crippen LogP contribution in [0.3, 0.4) is 0 Å². The molecule has 1 aromatic carbocycles. The summed E-state index contributed by atoms with van der Waals surface area (Å²) < 4.78 is 0. The smallest absolute Gasteiger partial charge is 0.0917 e. The summed E-state index contributed by atoms with van der Waals surface area (Å²) in [7, 11) is 0. The molecule has 0 amide bonds. The minimum Gasteiger partial charge on any atom is -0.387 e. The monoisotopic (exact) mass is 248 g/mol. The Kier molecular flexibility index (Phi) is 3.39. The quantitative estimate of drug-likeness (QED) is 0.797. The largest absolute Gasteiger partial charge is 0.387 e. The van der Waals surface area contributed by atoms with E-state index in [4.69, 9.17) is 0 Å². The van der Waals surface area contributed by atoms with Crippen LogP contribution >= 0.6 is 0 Å². The van der Waals surface area contributed by atoms with Crippen LogP contribution in [0, 0.1) is 6.92 Å². The standard InChI is InChI=1S/C15H24N2O/c1-12-6-5-7-13(8-12)17-10-14(2,3)16-9-15(4,18)11-17/h5-8,16,18H,9-11H2,1-4H3. The average Bonchev–Trinajstić information content (AvgIpc) is 2.36. The fourth-order valence-corrected chi connectivity index (χ4v) is 2.49. The molecule has 1 atom stereocenters. The van der Waals surface area contributed by atoms with E-state index in [9.17, 15) is 5.11 Å². The highest BCUT2D eigenvalue weighted by Crippen LogP contribution is 2.23. The molecule has 0 saturated carbocycles. The zero-order valence-corrected chi connectivity index (χ0v) is 11.8. The Morgan fingerprint density at radius 2 is 1.94 bits per heavy atom. The van der Waals surface area contributed by atoms with Crippen molar-refractivity contribution < 1.29 is 5.11 Å². The molecule has 0 bridgehead atoms. The van der Waals surface area contributed by atoms with Crippen LogP contribution in [0.15, 0.2) is 24.3 Å². The van der Waals surface area contributed by atoms with Gasteiger partial charge in [0.15, 0.2) is 0 Å². The molecule has 18 heavy (non-hydrogen) atoms. The zero-order valence-electron chi connectivity index (χ0n) is 11.8. The number of nitrogens with one attached hydrogen (secondary N) is 1. The molecule has 1 unspecified atom stereocenters. The molecule has 1 saturated heterocycles. The molecule has 0 aromatic heterocycles. The Balaban J connectivity index is 2.29. The van der Waals surface area contributed by atoms with Crippen LogP contribution in [-0.2, 0) is 0 Å². The molecular weight excluding hydrogens is 224 g/mol. The van der Waals surface area contributed by atoms with E-state index in [0.29, 0.717) is 13.1 Å².